The molecule has 0 unspecified atom stereocenters. The van der Waals surface area contributed by atoms with Crippen LogP contribution in [0.3, 0.4) is 0 Å². The number of aromatic nitrogens is 3. The molecule has 6 nitrogen and oxygen atoms in total. The maximum absolute atomic E-state index is 14.4. The van der Waals surface area contributed by atoms with Gasteiger partial charge in [-0.15, -0.1) is 0 Å². The van der Waals surface area contributed by atoms with E-state index in [1.165, 1.54) is 12.1 Å². The van der Waals surface area contributed by atoms with E-state index in [1.54, 1.807) is 24.4 Å². The van der Waals surface area contributed by atoms with Crippen molar-refractivity contribution in [3.8, 4) is 17.0 Å². The molecule has 1 aliphatic rings. The molecule has 2 aromatic heterocycles. The minimum Gasteiger partial charge on any atom is -0.487 e. The molecule has 0 aliphatic carbocycles. The van der Waals surface area contributed by atoms with Gasteiger partial charge >= 0.3 is 0 Å². The highest BCUT2D eigenvalue weighted by atomic mass is 35.5. The van der Waals surface area contributed by atoms with Crippen LogP contribution in [0.25, 0.3) is 22.9 Å². The number of H-pyrrole nitrogens is 1. The van der Waals surface area contributed by atoms with Gasteiger partial charge in [0, 0.05) is 21.7 Å². The van der Waals surface area contributed by atoms with Crippen molar-refractivity contribution in [1.29, 1.82) is 0 Å². The summed E-state index contributed by atoms with van der Waals surface area (Å²) in [4.78, 5) is 4.54. The van der Waals surface area contributed by atoms with E-state index < -0.39 is 5.82 Å². The number of hydrogen-bond acceptors (Lipinski definition) is 5. The zero-order valence-electron chi connectivity index (χ0n) is 14.8. The maximum Gasteiger partial charge on any atom is 0.170 e. The Morgan fingerprint density at radius 3 is 2.96 bits per heavy atom. The van der Waals surface area contributed by atoms with Crippen LogP contribution < -0.4 is 15.8 Å². The van der Waals surface area contributed by atoms with E-state index in [0.717, 1.165) is 5.57 Å². The zero-order valence-corrected chi connectivity index (χ0v) is 15.6. The van der Waals surface area contributed by atoms with Gasteiger partial charge in [-0.05, 0) is 35.9 Å². The Kier molecular flexibility index (Phi) is 4.75. The van der Waals surface area contributed by atoms with Crippen molar-refractivity contribution < 1.29 is 9.13 Å². The summed E-state index contributed by atoms with van der Waals surface area (Å²) in [7, 11) is 0. The molecule has 142 valence electrons. The monoisotopic (exact) mass is 397 g/mol. The summed E-state index contributed by atoms with van der Waals surface area (Å²) < 4.78 is 20.3. The van der Waals surface area contributed by atoms with E-state index in [1.807, 2.05) is 6.08 Å². The van der Waals surface area contributed by atoms with E-state index >= 15 is 0 Å². The number of nitrogens with one attached hydrogen (secondary N) is 2. The van der Waals surface area contributed by atoms with Crippen LogP contribution in [0, 0.1) is 5.82 Å². The lowest BCUT2D eigenvalue weighted by atomic mass is 9.99. The van der Waals surface area contributed by atoms with Crippen molar-refractivity contribution in [2.75, 3.05) is 24.2 Å². The number of pyridine rings is 1. The van der Waals surface area contributed by atoms with Crippen LogP contribution >= 0.6 is 11.6 Å². The molecule has 4 rings (SSSR count). The van der Waals surface area contributed by atoms with Gasteiger partial charge in [0.05, 0.1) is 18.4 Å². The second-order valence-corrected chi connectivity index (χ2v) is 6.61. The number of nitrogen functional groups attached to an aromatic ring is 1. The van der Waals surface area contributed by atoms with Crippen molar-refractivity contribution in [3.05, 3.63) is 65.1 Å². The van der Waals surface area contributed by atoms with Gasteiger partial charge in [-0.25, -0.2) is 9.37 Å². The van der Waals surface area contributed by atoms with Gasteiger partial charge in [-0.1, -0.05) is 24.3 Å². The second kappa shape index (κ2) is 7.36. The Balaban J connectivity index is 1.93. The van der Waals surface area contributed by atoms with Crippen LogP contribution in [0.5, 0.6) is 5.75 Å². The number of hydrogen-bond donors (Lipinski definition) is 3. The number of allylic oxidation sites excluding steroid dienone is 2. The molecule has 3 heterocycles. The van der Waals surface area contributed by atoms with Crippen LogP contribution in [0.4, 0.5) is 16.0 Å². The van der Waals surface area contributed by atoms with Gasteiger partial charge in [0.25, 0.3) is 0 Å². The minimum atomic E-state index is -0.414. The molecule has 0 radical (unpaired) electrons. The number of nitrogens with two attached hydrogens (primary N) is 1. The number of fused-ring (bicyclic) bond motifs is 1. The van der Waals surface area contributed by atoms with Crippen LogP contribution in [0.2, 0.25) is 5.02 Å². The Morgan fingerprint density at radius 2 is 2.21 bits per heavy atom. The third-order valence-corrected chi connectivity index (χ3v) is 4.59. The topological polar surface area (TPSA) is 88.9 Å². The number of benzene rings is 1. The first-order valence-electron chi connectivity index (χ1n) is 8.57. The smallest absolute Gasteiger partial charge is 0.170 e. The first kappa shape index (κ1) is 18.1. The molecule has 3 aromatic rings. The number of rotatable bonds is 4. The number of aromatic amines is 1. The highest BCUT2D eigenvalue weighted by Gasteiger charge is 2.21. The summed E-state index contributed by atoms with van der Waals surface area (Å²) in [6.07, 6.45) is 5.12. The van der Waals surface area contributed by atoms with E-state index in [2.05, 4.69) is 27.1 Å². The maximum atomic E-state index is 14.4. The standard InChI is InChI=1S/C20H17ClFN5O/c1-2-11(7-12-10-25-27-19(12)23)14-9-17(15-8-13(21)3-4-16(15)22)26-20-18(14)28-6-5-24-20/h2-4,7-10H,1,5-6H2,(H,24,26)(H3,23,25,27)/b11-7+. The molecule has 0 saturated carbocycles. The Hall–Kier alpha value is -3.32. The molecule has 28 heavy (non-hydrogen) atoms. The van der Waals surface area contributed by atoms with Gasteiger partial charge in [0.15, 0.2) is 11.6 Å². The molecule has 0 bridgehead atoms. The van der Waals surface area contributed by atoms with Crippen LogP contribution in [-0.4, -0.2) is 28.3 Å². The third kappa shape index (κ3) is 3.32. The van der Waals surface area contributed by atoms with Gasteiger partial charge in [-0.3, -0.25) is 5.10 Å². The van der Waals surface area contributed by atoms with E-state index in [0.29, 0.717) is 57.9 Å². The molecule has 0 atom stereocenters. The third-order valence-electron chi connectivity index (χ3n) is 4.36. The van der Waals surface area contributed by atoms with Gasteiger partial charge < -0.3 is 15.8 Å². The summed E-state index contributed by atoms with van der Waals surface area (Å²) in [5.74, 6) is 1.13. The summed E-state index contributed by atoms with van der Waals surface area (Å²) >= 11 is 6.07. The summed E-state index contributed by atoms with van der Waals surface area (Å²) in [6.45, 7) is 4.99. The average molecular weight is 398 g/mol. The SMILES string of the molecule is C=C/C(=C\c1cn[nH]c1N)c1cc(-c2cc(Cl)ccc2F)nc2c1OCCN2. The first-order valence-corrected chi connectivity index (χ1v) is 8.95. The summed E-state index contributed by atoms with van der Waals surface area (Å²) in [6, 6.07) is 6.12. The number of ether oxygens (including phenoxy) is 1. The molecular formula is C20H17ClFN5O. The Morgan fingerprint density at radius 1 is 1.36 bits per heavy atom. The molecular weight excluding hydrogens is 381 g/mol. The number of halogens is 2. The number of anilines is 2. The quantitative estimate of drug-likeness (QED) is 0.568. The molecule has 0 spiro atoms. The van der Waals surface area contributed by atoms with Crippen molar-refractivity contribution in [3.63, 3.8) is 0 Å². The molecule has 1 aliphatic heterocycles. The normalized spacial score (nSPS) is 13.4. The van der Waals surface area contributed by atoms with Crippen molar-refractivity contribution in [2.24, 2.45) is 0 Å². The van der Waals surface area contributed by atoms with Crippen molar-refractivity contribution in [2.45, 2.75) is 0 Å². The van der Waals surface area contributed by atoms with Crippen LogP contribution in [0.1, 0.15) is 11.1 Å². The van der Waals surface area contributed by atoms with E-state index in [9.17, 15) is 4.39 Å². The van der Waals surface area contributed by atoms with Crippen molar-refractivity contribution in [1.82, 2.24) is 15.2 Å². The lowest BCUT2D eigenvalue weighted by Crippen LogP contribution is -2.20. The van der Waals surface area contributed by atoms with Gasteiger partial charge in [-0.2, -0.15) is 5.10 Å². The van der Waals surface area contributed by atoms with Crippen LogP contribution in [0.15, 0.2) is 43.1 Å². The fourth-order valence-electron chi connectivity index (χ4n) is 3.00. The second-order valence-electron chi connectivity index (χ2n) is 6.18. The van der Waals surface area contributed by atoms with Crippen LogP contribution in [-0.2, 0) is 0 Å². The van der Waals surface area contributed by atoms with E-state index in [-0.39, 0.29) is 0 Å². The van der Waals surface area contributed by atoms with E-state index in [4.69, 9.17) is 22.1 Å². The Bertz CT molecular complexity index is 1090. The highest BCUT2D eigenvalue weighted by Crippen LogP contribution is 2.39. The zero-order chi connectivity index (χ0) is 19.7. The van der Waals surface area contributed by atoms with Gasteiger partial charge in [0.1, 0.15) is 18.2 Å². The first-order chi connectivity index (χ1) is 13.6. The lowest BCUT2D eigenvalue weighted by molar-refractivity contribution is 0.320. The predicted molar refractivity (Wildman–Crippen MR) is 110 cm³/mol. The molecule has 1 aromatic carbocycles. The fraction of sp³-hybridized carbons (Fsp3) is 0.100. The average Bonchev–Trinajstić information content (AvgIpc) is 3.11. The molecule has 0 fully saturated rings. The number of nitrogens with zero attached hydrogens (tertiary/aromatic N) is 2. The minimum absolute atomic E-state index is 0.301. The molecule has 0 amide bonds. The van der Waals surface area contributed by atoms with Gasteiger partial charge in [0.2, 0.25) is 0 Å². The summed E-state index contributed by atoms with van der Waals surface area (Å²) in [5.41, 5.74) is 8.78. The lowest BCUT2D eigenvalue weighted by Gasteiger charge is -2.22. The highest BCUT2D eigenvalue weighted by molar-refractivity contribution is 6.30. The molecule has 4 N–H and O–H groups in total. The fourth-order valence-corrected chi connectivity index (χ4v) is 3.17. The summed E-state index contributed by atoms with van der Waals surface area (Å²) in [5, 5.41) is 10.2. The molecule has 0 saturated heterocycles. The van der Waals surface area contributed by atoms with Crippen molar-refractivity contribution >= 4 is 34.9 Å². The molecule has 8 heteroatoms. The largest absolute Gasteiger partial charge is 0.487 e. The predicted octanol–water partition coefficient (Wildman–Crippen LogP) is 4.38. The Labute approximate surface area is 165 Å².